The summed E-state index contributed by atoms with van der Waals surface area (Å²) in [5.74, 6) is 1.48. The molecule has 0 bridgehead atoms. The molecule has 0 rings (SSSR count). The van der Waals surface area contributed by atoms with Gasteiger partial charge in [0.15, 0.2) is 0 Å². The second-order valence-electron chi connectivity index (χ2n) is 2.63. The molecule has 0 fully saturated rings. The van der Waals surface area contributed by atoms with Crippen LogP contribution in [0.2, 0.25) is 0 Å². The summed E-state index contributed by atoms with van der Waals surface area (Å²) in [7, 11) is -2.98. The van der Waals surface area contributed by atoms with Gasteiger partial charge in [-0.05, 0) is 11.7 Å². The monoisotopic (exact) mass is 162 g/mol. The summed E-state index contributed by atoms with van der Waals surface area (Å²) >= 11 is 0. The summed E-state index contributed by atoms with van der Waals surface area (Å²) in [6.45, 7) is 7.28. The molecule has 0 aromatic rings. The van der Waals surface area contributed by atoms with Crippen molar-refractivity contribution in [1.29, 1.82) is 0 Å². The van der Waals surface area contributed by atoms with E-state index in [-0.39, 0.29) is 0 Å². The molecule has 0 aromatic heterocycles. The normalized spacial score (nSPS) is 19.5. The van der Waals surface area contributed by atoms with E-state index in [1.807, 2.05) is 13.8 Å². The molecule has 0 radical (unpaired) electrons. The van der Waals surface area contributed by atoms with Crippen molar-refractivity contribution in [3.8, 4) is 0 Å². The van der Waals surface area contributed by atoms with Crippen molar-refractivity contribution >= 4 is 7.37 Å². The summed E-state index contributed by atoms with van der Waals surface area (Å²) in [5.41, 5.74) is 0. The third-order valence-corrected chi connectivity index (χ3v) is 3.27. The Morgan fingerprint density at radius 1 is 1.80 bits per heavy atom. The Labute approximate surface area is 62.4 Å². The van der Waals surface area contributed by atoms with Crippen LogP contribution in [0.15, 0.2) is 12.4 Å². The summed E-state index contributed by atoms with van der Waals surface area (Å²) in [6, 6.07) is 0. The van der Waals surface area contributed by atoms with Gasteiger partial charge in [-0.15, -0.1) is 0 Å². The van der Waals surface area contributed by atoms with Gasteiger partial charge in [0.1, 0.15) is 0 Å². The molecule has 0 heterocycles. The molecule has 0 amide bonds. The summed E-state index contributed by atoms with van der Waals surface area (Å²) in [6.07, 6.45) is 1.31. The first-order valence-electron chi connectivity index (χ1n) is 3.47. The van der Waals surface area contributed by atoms with Gasteiger partial charge in [0.05, 0.1) is 0 Å². The number of rotatable bonds is 4. The van der Waals surface area contributed by atoms with Crippen LogP contribution in [0.5, 0.6) is 0 Å². The number of hydrogen-bond acceptors (Lipinski definition) is 1. The van der Waals surface area contributed by atoms with Crippen LogP contribution in [-0.2, 0) is 4.57 Å². The van der Waals surface area contributed by atoms with Crippen molar-refractivity contribution in [1.82, 2.24) is 0 Å². The van der Waals surface area contributed by atoms with E-state index < -0.39 is 7.37 Å². The molecule has 2 nitrogen and oxygen atoms in total. The van der Waals surface area contributed by atoms with Gasteiger partial charge in [-0.3, -0.25) is 4.57 Å². The van der Waals surface area contributed by atoms with Crippen molar-refractivity contribution in [2.75, 3.05) is 6.16 Å². The van der Waals surface area contributed by atoms with Crippen LogP contribution in [0.25, 0.3) is 0 Å². The fourth-order valence-electron chi connectivity index (χ4n) is 0.650. The van der Waals surface area contributed by atoms with E-state index >= 15 is 0 Å². The highest BCUT2D eigenvalue weighted by Crippen LogP contribution is 2.43. The molecule has 3 heteroatoms. The van der Waals surface area contributed by atoms with Gasteiger partial charge in [0, 0.05) is 6.16 Å². The first-order chi connectivity index (χ1) is 4.52. The molecule has 0 saturated carbocycles. The molecular formula is C7H15O2P. The van der Waals surface area contributed by atoms with Crippen LogP contribution < -0.4 is 0 Å². The molecule has 0 aliphatic heterocycles. The van der Waals surface area contributed by atoms with Crippen molar-refractivity contribution in [2.24, 2.45) is 5.92 Å². The van der Waals surface area contributed by atoms with Gasteiger partial charge in [-0.1, -0.05) is 26.8 Å². The molecule has 10 heavy (non-hydrogen) atoms. The average molecular weight is 162 g/mol. The molecule has 2 atom stereocenters. The van der Waals surface area contributed by atoms with Crippen LogP contribution in [0.4, 0.5) is 0 Å². The highest BCUT2D eigenvalue weighted by atomic mass is 31.2. The van der Waals surface area contributed by atoms with Crippen LogP contribution in [0.3, 0.4) is 0 Å². The van der Waals surface area contributed by atoms with Crippen molar-refractivity contribution in [3.63, 3.8) is 0 Å². The first kappa shape index (κ1) is 9.93. The second-order valence-corrected chi connectivity index (χ2v) is 4.88. The fourth-order valence-corrected chi connectivity index (χ4v) is 1.95. The molecule has 0 aliphatic rings. The highest BCUT2D eigenvalue weighted by Gasteiger charge is 2.15. The fraction of sp³-hybridized carbons (Fsp3) is 0.714. The highest BCUT2D eigenvalue weighted by molar-refractivity contribution is 7.61. The maximum atomic E-state index is 11.0. The van der Waals surface area contributed by atoms with Gasteiger partial charge in [-0.25, -0.2) is 0 Å². The van der Waals surface area contributed by atoms with Crippen molar-refractivity contribution < 1.29 is 9.46 Å². The van der Waals surface area contributed by atoms with E-state index in [4.69, 9.17) is 4.89 Å². The van der Waals surface area contributed by atoms with Gasteiger partial charge >= 0.3 is 0 Å². The van der Waals surface area contributed by atoms with Gasteiger partial charge in [-0.2, -0.15) is 0 Å². The van der Waals surface area contributed by atoms with Gasteiger partial charge in [0.25, 0.3) is 0 Å². The third-order valence-electron chi connectivity index (χ3n) is 1.56. The summed E-state index contributed by atoms with van der Waals surface area (Å²) in [4.78, 5) is 9.06. The van der Waals surface area contributed by atoms with E-state index in [9.17, 15) is 4.57 Å². The standard InChI is InChI=1S/C7H15O2P/c1-4-7(3)6-10(8,9)5-2/h5,7H,2,4,6H2,1,3H3,(H,8,9). The maximum absolute atomic E-state index is 11.0. The zero-order chi connectivity index (χ0) is 8.20. The zero-order valence-electron chi connectivity index (χ0n) is 6.58. The molecule has 0 aliphatic carbocycles. The van der Waals surface area contributed by atoms with Crippen molar-refractivity contribution in [3.05, 3.63) is 12.4 Å². The summed E-state index contributed by atoms with van der Waals surface area (Å²) < 4.78 is 11.0. The van der Waals surface area contributed by atoms with Crippen LogP contribution in [0, 0.1) is 5.92 Å². The predicted molar refractivity (Wildman–Crippen MR) is 44.3 cm³/mol. The van der Waals surface area contributed by atoms with Crippen LogP contribution in [-0.4, -0.2) is 11.1 Å². The quantitative estimate of drug-likeness (QED) is 0.644. The third kappa shape index (κ3) is 3.86. The predicted octanol–water partition coefficient (Wildman–Crippen LogP) is 2.45. The Morgan fingerprint density at radius 2 is 2.30 bits per heavy atom. The SMILES string of the molecule is C=CP(=O)(O)CC(C)CC. The molecule has 2 unspecified atom stereocenters. The Bertz CT molecular complexity index is 154. The van der Waals surface area contributed by atoms with E-state index in [1.54, 1.807) is 0 Å². The minimum Gasteiger partial charge on any atom is -0.341 e. The molecule has 0 spiro atoms. The lowest BCUT2D eigenvalue weighted by Gasteiger charge is -2.10. The molecule has 60 valence electrons. The maximum Gasteiger partial charge on any atom is 0.222 e. The van der Waals surface area contributed by atoms with E-state index in [1.165, 1.54) is 5.82 Å². The Kier molecular flexibility index (Phi) is 3.92. The van der Waals surface area contributed by atoms with Crippen LogP contribution in [0.1, 0.15) is 20.3 Å². The lowest BCUT2D eigenvalue weighted by molar-refractivity contribution is 0.473. The Morgan fingerprint density at radius 3 is 2.60 bits per heavy atom. The molecule has 0 saturated heterocycles. The van der Waals surface area contributed by atoms with Crippen molar-refractivity contribution in [2.45, 2.75) is 20.3 Å². The first-order valence-corrected chi connectivity index (χ1v) is 5.38. The lowest BCUT2D eigenvalue weighted by Crippen LogP contribution is -1.98. The zero-order valence-corrected chi connectivity index (χ0v) is 7.47. The van der Waals surface area contributed by atoms with Gasteiger partial charge in [0.2, 0.25) is 7.37 Å². The Hall–Kier alpha value is -0.0700. The summed E-state index contributed by atoms with van der Waals surface area (Å²) in [5, 5.41) is 0. The minimum atomic E-state index is -2.98. The molecule has 1 N–H and O–H groups in total. The molecule has 0 aromatic carbocycles. The minimum absolute atomic E-state index is 0.314. The smallest absolute Gasteiger partial charge is 0.222 e. The lowest BCUT2D eigenvalue weighted by atomic mass is 10.2. The molecular weight excluding hydrogens is 147 g/mol. The van der Waals surface area contributed by atoms with E-state index in [0.717, 1.165) is 6.42 Å². The van der Waals surface area contributed by atoms with Crippen LogP contribution >= 0.6 is 7.37 Å². The van der Waals surface area contributed by atoms with E-state index in [0.29, 0.717) is 12.1 Å². The topological polar surface area (TPSA) is 37.3 Å². The Balaban J connectivity index is 3.88. The number of hydrogen-bond donors (Lipinski definition) is 1. The van der Waals surface area contributed by atoms with E-state index in [2.05, 4.69) is 6.58 Å². The van der Waals surface area contributed by atoms with Gasteiger partial charge < -0.3 is 4.89 Å². The largest absolute Gasteiger partial charge is 0.341 e. The second kappa shape index (κ2) is 3.95. The average Bonchev–Trinajstić information content (AvgIpc) is 1.87.